The molecule has 0 spiro atoms. The number of nitrogens with one attached hydrogen (secondary N) is 1. The van der Waals surface area contributed by atoms with Gasteiger partial charge in [-0.1, -0.05) is 23.7 Å². The predicted octanol–water partition coefficient (Wildman–Crippen LogP) is 4.48. The number of ether oxygens (including phenoxy) is 1. The van der Waals surface area contributed by atoms with E-state index in [9.17, 15) is 9.59 Å². The standard InChI is InChI=1S/C22H24ClN3O3S2/c1-12-13(2)31-21-19(12)20(27)24-18(25-21)11-30-14(3)22(28)26-8-9-29-17(10-26)15-4-6-16(23)7-5-15/h4-7,14,17H,8-11H2,1-3H3,(H,24,25,27). The van der Waals surface area contributed by atoms with E-state index in [2.05, 4.69) is 9.97 Å². The first kappa shape index (κ1) is 22.3. The summed E-state index contributed by atoms with van der Waals surface area (Å²) in [5.74, 6) is 1.14. The number of fused-ring (bicyclic) bond motifs is 1. The molecule has 1 amide bonds. The van der Waals surface area contributed by atoms with Crippen LogP contribution < -0.4 is 5.56 Å². The fourth-order valence-corrected chi connectivity index (χ4v) is 5.64. The molecule has 3 aromatic rings. The Labute approximate surface area is 194 Å². The van der Waals surface area contributed by atoms with E-state index in [0.29, 0.717) is 41.7 Å². The number of thioether (sulfide) groups is 1. The van der Waals surface area contributed by atoms with Gasteiger partial charge in [0.2, 0.25) is 5.91 Å². The van der Waals surface area contributed by atoms with E-state index in [1.165, 1.54) is 23.1 Å². The molecule has 1 N–H and O–H groups in total. The fourth-order valence-electron chi connectivity index (χ4n) is 3.63. The van der Waals surface area contributed by atoms with Gasteiger partial charge in [-0.15, -0.1) is 23.1 Å². The number of benzene rings is 1. The summed E-state index contributed by atoms with van der Waals surface area (Å²) in [4.78, 5) is 36.7. The van der Waals surface area contributed by atoms with Gasteiger partial charge in [-0.05, 0) is 44.0 Å². The van der Waals surface area contributed by atoms with Crippen molar-refractivity contribution in [1.29, 1.82) is 0 Å². The van der Waals surface area contributed by atoms with Crippen LogP contribution in [0, 0.1) is 13.8 Å². The van der Waals surface area contributed by atoms with E-state index in [-0.39, 0.29) is 22.8 Å². The van der Waals surface area contributed by atoms with Crippen molar-refractivity contribution in [3.8, 4) is 0 Å². The molecule has 1 fully saturated rings. The van der Waals surface area contributed by atoms with Gasteiger partial charge in [0, 0.05) is 16.4 Å². The minimum Gasteiger partial charge on any atom is -0.370 e. The molecule has 9 heteroatoms. The molecule has 31 heavy (non-hydrogen) atoms. The van der Waals surface area contributed by atoms with E-state index >= 15 is 0 Å². The highest BCUT2D eigenvalue weighted by molar-refractivity contribution is 7.99. The molecule has 2 aromatic heterocycles. The predicted molar refractivity (Wildman–Crippen MR) is 127 cm³/mol. The van der Waals surface area contributed by atoms with Crippen molar-refractivity contribution in [1.82, 2.24) is 14.9 Å². The molecule has 2 unspecified atom stereocenters. The maximum atomic E-state index is 13.0. The number of morpholine rings is 1. The number of carbonyl (C=O) groups is 1. The zero-order chi connectivity index (χ0) is 22.1. The van der Waals surface area contributed by atoms with Crippen LogP contribution in [0.4, 0.5) is 0 Å². The maximum absolute atomic E-state index is 13.0. The number of nitrogens with zero attached hydrogens (tertiary/aromatic N) is 2. The first-order valence-corrected chi connectivity index (χ1v) is 12.3. The van der Waals surface area contributed by atoms with E-state index < -0.39 is 0 Å². The summed E-state index contributed by atoms with van der Waals surface area (Å²) >= 11 is 8.99. The number of hydrogen-bond acceptors (Lipinski definition) is 6. The van der Waals surface area contributed by atoms with Gasteiger partial charge >= 0.3 is 0 Å². The summed E-state index contributed by atoms with van der Waals surface area (Å²) < 4.78 is 5.87. The SMILES string of the molecule is Cc1sc2nc(CSC(C)C(=O)N3CCOC(c4ccc(Cl)cc4)C3)[nH]c(=O)c2c1C. The summed E-state index contributed by atoms with van der Waals surface area (Å²) in [5, 5.41) is 1.09. The Hall–Kier alpha value is -1.87. The average Bonchev–Trinajstić information content (AvgIpc) is 3.06. The molecule has 6 nitrogen and oxygen atoms in total. The first-order valence-electron chi connectivity index (χ1n) is 10.1. The fraction of sp³-hybridized carbons (Fsp3) is 0.409. The highest BCUT2D eigenvalue weighted by Crippen LogP contribution is 2.28. The van der Waals surface area contributed by atoms with Gasteiger partial charge in [0.25, 0.3) is 5.56 Å². The van der Waals surface area contributed by atoms with Crippen molar-refractivity contribution in [2.45, 2.75) is 37.9 Å². The largest absolute Gasteiger partial charge is 0.370 e. The van der Waals surface area contributed by atoms with Gasteiger partial charge in [0.1, 0.15) is 16.8 Å². The van der Waals surface area contributed by atoms with Gasteiger partial charge in [-0.3, -0.25) is 9.59 Å². The van der Waals surface area contributed by atoms with Crippen LogP contribution in [0.3, 0.4) is 0 Å². The third-order valence-electron chi connectivity index (χ3n) is 5.53. The summed E-state index contributed by atoms with van der Waals surface area (Å²) in [6.07, 6.45) is -0.155. The maximum Gasteiger partial charge on any atom is 0.259 e. The number of H-pyrrole nitrogens is 1. The molecule has 3 heterocycles. The Morgan fingerprint density at radius 1 is 1.39 bits per heavy atom. The van der Waals surface area contributed by atoms with Crippen LogP contribution in [0.2, 0.25) is 5.02 Å². The van der Waals surface area contributed by atoms with Crippen molar-refractivity contribution in [2.75, 3.05) is 19.7 Å². The summed E-state index contributed by atoms with van der Waals surface area (Å²) in [7, 11) is 0. The molecule has 1 aromatic carbocycles. The lowest BCUT2D eigenvalue weighted by molar-refractivity contribution is -0.138. The summed E-state index contributed by atoms with van der Waals surface area (Å²) in [6.45, 7) is 7.42. The Morgan fingerprint density at radius 3 is 2.87 bits per heavy atom. The van der Waals surface area contributed by atoms with Crippen molar-refractivity contribution >= 4 is 50.8 Å². The zero-order valence-electron chi connectivity index (χ0n) is 17.6. The Kier molecular flexibility index (Phi) is 6.71. The molecule has 0 saturated carbocycles. The van der Waals surface area contributed by atoms with Crippen molar-refractivity contribution in [3.63, 3.8) is 0 Å². The van der Waals surface area contributed by atoms with E-state index in [4.69, 9.17) is 16.3 Å². The number of amides is 1. The number of rotatable bonds is 5. The van der Waals surface area contributed by atoms with Crippen LogP contribution >= 0.6 is 34.7 Å². The second-order valence-corrected chi connectivity index (χ2v) is 10.6. The number of hydrogen-bond donors (Lipinski definition) is 1. The topological polar surface area (TPSA) is 75.3 Å². The Bertz CT molecular complexity index is 1160. The van der Waals surface area contributed by atoms with Gasteiger partial charge < -0.3 is 14.6 Å². The van der Waals surface area contributed by atoms with Gasteiger partial charge in [-0.25, -0.2) is 4.98 Å². The van der Waals surface area contributed by atoms with Crippen LogP contribution in [-0.4, -0.2) is 45.7 Å². The number of aromatic amines is 1. The normalized spacial score (nSPS) is 17.8. The number of aryl methyl sites for hydroxylation is 2. The Morgan fingerprint density at radius 2 is 2.13 bits per heavy atom. The lowest BCUT2D eigenvalue weighted by Gasteiger charge is -2.34. The Balaban J connectivity index is 1.40. The van der Waals surface area contributed by atoms with Gasteiger partial charge in [0.05, 0.1) is 29.5 Å². The van der Waals surface area contributed by atoms with E-state index in [1.54, 1.807) is 0 Å². The lowest BCUT2D eigenvalue weighted by atomic mass is 10.1. The van der Waals surface area contributed by atoms with Crippen molar-refractivity contribution in [3.05, 3.63) is 61.5 Å². The van der Waals surface area contributed by atoms with Gasteiger partial charge in [0.15, 0.2) is 0 Å². The highest BCUT2D eigenvalue weighted by atomic mass is 35.5. The van der Waals surface area contributed by atoms with Crippen LogP contribution in [0.25, 0.3) is 10.2 Å². The smallest absolute Gasteiger partial charge is 0.259 e. The second kappa shape index (κ2) is 9.32. The molecule has 4 rings (SSSR count). The molecular weight excluding hydrogens is 454 g/mol. The quantitative estimate of drug-likeness (QED) is 0.586. The molecule has 2 atom stereocenters. The first-order chi connectivity index (χ1) is 14.8. The minimum atomic E-state index is -0.253. The summed E-state index contributed by atoms with van der Waals surface area (Å²) in [6, 6.07) is 7.54. The van der Waals surface area contributed by atoms with Crippen molar-refractivity contribution < 1.29 is 9.53 Å². The molecule has 0 aliphatic carbocycles. The molecule has 1 aliphatic rings. The minimum absolute atomic E-state index is 0.0681. The van der Waals surface area contributed by atoms with Crippen LogP contribution in [0.15, 0.2) is 29.1 Å². The molecule has 164 valence electrons. The molecule has 1 saturated heterocycles. The number of carbonyl (C=O) groups excluding carboxylic acids is 1. The van der Waals surface area contributed by atoms with Crippen molar-refractivity contribution in [2.24, 2.45) is 0 Å². The summed E-state index contributed by atoms with van der Waals surface area (Å²) in [5.41, 5.74) is 1.89. The van der Waals surface area contributed by atoms with E-state index in [1.807, 2.05) is 49.9 Å². The highest BCUT2D eigenvalue weighted by Gasteiger charge is 2.28. The molecular formula is C22H24ClN3O3S2. The third-order valence-corrected chi connectivity index (χ3v) is 8.02. The zero-order valence-corrected chi connectivity index (χ0v) is 20.0. The van der Waals surface area contributed by atoms with Crippen LogP contribution in [0.5, 0.6) is 0 Å². The van der Waals surface area contributed by atoms with Crippen LogP contribution in [0.1, 0.15) is 34.9 Å². The lowest BCUT2D eigenvalue weighted by Crippen LogP contribution is -2.45. The molecule has 1 aliphatic heterocycles. The average molecular weight is 478 g/mol. The molecule has 0 radical (unpaired) electrons. The third kappa shape index (κ3) is 4.82. The van der Waals surface area contributed by atoms with Crippen LogP contribution in [-0.2, 0) is 15.3 Å². The second-order valence-electron chi connectivity index (χ2n) is 7.62. The van der Waals surface area contributed by atoms with E-state index in [0.717, 1.165) is 20.8 Å². The number of aromatic nitrogens is 2. The van der Waals surface area contributed by atoms with Gasteiger partial charge in [-0.2, -0.15) is 0 Å². The molecule has 0 bridgehead atoms. The monoisotopic (exact) mass is 477 g/mol. The number of thiophene rings is 1. The number of halogens is 1.